The molecule has 5 nitrogen and oxygen atoms in total. The Kier molecular flexibility index (Phi) is 7.59. The van der Waals surface area contributed by atoms with E-state index in [1.807, 2.05) is 69.3 Å². The number of fused-ring (bicyclic) bond motifs is 1. The van der Waals surface area contributed by atoms with Crippen LogP contribution in [-0.2, 0) is 25.2 Å². The van der Waals surface area contributed by atoms with E-state index in [1.54, 1.807) is 48.5 Å². The van der Waals surface area contributed by atoms with Gasteiger partial charge < -0.3 is 14.2 Å². The zero-order chi connectivity index (χ0) is 28.3. The Morgan fingerprint density at radius 3 is 1.60 bits per heavy atom. The molecule has 5 heteroatoms. The molecule has 0 heterocycles. The second-order valence-electron chi connectivity index (χ2n) is 10.5. The van der Waals surface area contributed by atoms with Gasteiger partial charge in [-0.3, -0.25) is 0 Å². The van der Waals surface area contributed by atoms with Gasteiger partial charge in [-0.05, 0) is 74.2 Å². The van der Waals surface area contributed by atoms with E-state index in [9.17, 15) is 9.59 Å². The van der Waals surface area contributed by atoms with Crippen LogP contribution in [0.15, 0.2) is 109 Å². The minimum atomic E-state index is -1.10. The van der Waals surface area contributed by atoms with Gasteiger partial charge in [-0.25, -0.2) is 9.59 Å². The minimum absolute atomic E-state index is 0.366. The van der Waals surface area contributed by atoms with Crippen LogP contribution >= 0.6 is 0 Å². The summed E-state index contributed by atoms with van der Waals surface area (Å²) in [6, 6.07) is 33.8. The molecule has 0 bridgehead atoms. The number of hydrogen-bond donors (Lipinski definition) is 0. The normalized spacial score (nSPS) is 23.6. The van der Waals surface area contributed by atoms with Crippen LogP contribution in [0.1, 0.15) is 63.7 Å². The van der Waals surface area contributed by atoms with Gasteiger partial charge in [0.15, 0.2) is 12.2 Å². The Labute approximate surface area is 235 Å². The van der Waals surface area contributed by atoms with Crippen LogP contribution in [0.2, 0.25) is 0 Å². The second-order valence-corrected chi connectivity index (χ2v) is 10.5. The second kappa shape index (κ2) is 11.1. The lowest BCUT2D eigenvalue weighted by molar-refractivity contribution is -0.177. The van der Waals surface area contributed by atoms with Crippen molar-refractivity contribution < 1.29 is 23.8 Å². The molecule has 0 aliphatic heterocycles. The van der Waals surface area contributed by atoms with E-state index in [4.69, 9.17) is 14.2 Å². The molecule has 1 aliphatic rings. The third-order valence-electron chi connectivity index (χ3n) is 8.04. The van der Waals surface area contributed by atoms with E-state index in [1.165, 1.54) is 0 Å². The van der Waals surface area contributed by atoms with Crippen molar-refractivity contribution in [1.82, 2.24) is 0 Å². The summed E-state index contributed by atoms with van der Waals surface area (Å²) in [6.07, 6.45) is -1.88. The molecular weight excluding hydrogens is 500 g/mol. The van der Waals surface area contributed by atoms with Crippen LogP contribution in [0, 0.1) is 6.92 Å². The first kappa shape index (κ1) is 27.4. The summed E-state index contributed by atoms with van der Waals surface area (Å²) >= 11 is 0. The molecule has 4 aromatic carbocycles. The number of rotatable bonds is 7. The smallest absolute Gasteiger partial charge is 0.338 e. The largest absolute Gasteiger partial charge is 0.453 e. The third-order valence-corrected chi connectivity index (χ3v) is 8.04. The van der Waals surface area contributed by atoms with Gasteiger partial charge in [-0.1, -0.05) is 84.9 Å². The Hall–Kier alpha value is -4.22. The monoisotopic (exact) mass is 534 g/mol. The maximum atomic E-state index is 13.7. The lowest BCUT2D eigenvalue weighted by Crippen LogP contribution is -2.62. The van der Waals surface area contributed by atoms with E-state index < -0.39 is 35.2 Å². The first-order valence-electron chi connectivity index (χ1n) is 13.6. The molecule has 0 aromatic heterocycles. The molecule has 4 aromatic rings. The highest BCUT2D eigenvalue weighted by Crippen LogP contribution is 2.53. The van der Waals surface area contributed by atoms with Crippen molar-refractivity contribution in [2.75, 3.05) is 6.61 Å². The summed E-state index contributed by atoms with van der Waals surface area (Å²) in [5.74, 6) is -1.01. The number of esters is 2. The number of ether oxygens (including phenoxy) is 3. The average molecular weight is 535 g/mol. The van der Waals surface area contributed by atoms with Crippen LogP contribution in [0.25, 0.3) is 0 Å². The average Bonchev–Trinajstić information content (AvgIpc) is 2.99. The minimum Gasteiger partial charge on any atom is -0.453 e. The highest BCUT2D eigenvalue weighted by Gasteiger charge is 2.60. The first-order chi connectivity index (χ1) is 19.3. The summed E-state index contributed by atoms with van der Waals surface area (Å²) in [5.41, 5.74) is 2.72. The molecule has 0 amide bonds. The summed E-state index contributed by atoms with van der Waals surface area (Å²) < 4.78 is 19.3. The Bertz CT molecular complexity index is 1500. The SMILES string of the molecule is CCO[C@]1(C)c2ccccc2[C@@](C)(c2ccccc2C)[C@H](OC(=O)c2ccccc2)[C@@H]1OC(=O)c1ccccc1. The molecule has 0 fully saturated rings. The van der Waals surface area contributed by atoms with Gasteiger partial charge in [0.05, 0.1) is 16.5 Å². The van der Waals surface area contributed by atoms with Crippen LogP contribution in [-0.4, -0.2) is 30.8 Å². The predicted molar refractivity (Wildman–Crippen MR) is 154 cm³/mol. The molecule has 0 N–H and O–H groups in total. The van der Waals surface area contributed by atoms with Gasteiger partial charge >= 0.3 is 11.9 Å². The fraction of sp³-hybridized carbons (Fsp3) is 0.257. The number of benzene rings is 4. The Morgan fingerprint density at radius 2 is 1.07 bits per heavy atom. The van der Waals surface area contributed by atoms with Gasteiger partial charge in [-0.2, -0.15) is 0 Å². The van der Waals surface area contributed by atoms with E-state index in [-0.39, 0.29) is 0 Å². The summed E-state index contributed by atoms with van der Waals surface area (Å²) in [6.45, 7) is 8.29. The van der Waals surface area contributed by atoms with Crippen molar-refractivity contribution in [2.45, 2.75) is 50.9 Å². The molecule has 204 valence electrons. The molecule has 4 atom stereocenters. The molecule has 40 heavy (non-hydrogen) atoms. The molecule has 0 saturated carbocycles. The van der Waals surface area contributed by atoms with E-state index in [0.29, 0.717) is 17.7 Å². The van der Waals surface area contributed by atoms with Crippen molar-refractivity contribution in [3.05, 3.63) is 143 Å². The van der Waals surface area contributed by atoms with Gasteiger partial charge in [-0.15, -0.1) is 0 Å². The molecule has 0 unspecified atom stereocenters. The molecule has 0 radical (unpaired) electrons. The zero-order valence-corrected chi connectivity index (χ0v) is 23.3. The maximum absolute atomic E-state index is 13.7. The van der Waals surface area contributed by atoms with Gasteiger partial charge in [0.2, 0.25) is 0 Å². The van der Waals surface area contributed by atoms with Crippen LogP contribution < -0.4 is 0 Å². The fourth-order valence-electron chi connectivity index (χ4n) is 6.05. The highest BCUT2D eigenvalue weighted by atomic mass is 16.6. The summed E-state index contributed by atoms with van der Waals surface area (Å²) in [5, 5.41) is 0. The zero-order valence-electron chi connectivity index (χ0n) is 23.3. The molecule has 1 aliphatic carbocycles. The van der Waals surface area contributed by atoms with Gasteiger partial charge in [0.25, 0.3) is 0 Å². The maximum Gasteiger partial charge on any atom is 0.338 e. The number of aryl methyl sites for hydroxylation is 1. The lowest BCUT2D eigenvalue weighted by atomic mass is 9.59. The van der Waals surface area contributed by atoms with E-state index in [2.05, 4.69) is 19.1 Å². The quantitative estimate of drug-likeness (QED) is 0.239. The number of hydrogen-bond acceptors (Lipinski definition) is 5. The van der Waals surface area contributed by atoms with Gasteiger partial charge in [0, 0.05) is 6.61 Å². The molecule has 0 spiro atoms. The Morgan fingerprint density at radius 1 is 0.625 bits per heavy atom. The number of carbonyl (C=O) groups excluding carboxylic acids is 2. The van der Waals surface area contributed by atoms with Crippen molar-refractivity contribution in [2.24, 2.45) is 0 Å². The van der Waals surface area contributed by atoms with E-state index >= 15 is 0 Å². The Balaban J connectivity index is 1.75. The first-order valence-corrected chi connectivity index (χ1v) is 13.6. The van der Waals surface area contributed by atoms with Gasteiger partial charge in [0.1, 0.15) is 5.60 Å². The van der Waals surface area contributed by atoms with Crippen molar-refractivity contribution in [1.29, 1.82) is 0 Å². The van der Waals surface area contributed by atoms with Crippen molar-refractivity contribution in [3.8, 4) is 0 Å². The predicted octanol–water partition coefficient (Wildman–Crippen LogP) is 7.02. The summed E-state index contributed by atoms with van der Waals surface area (Å²) in [4.78, 5) is 27.3. The van der Waals surface area contributed by atoms with Crippen molar-refractivity contribution in [3.63, 3.8) is 0 Å². The van der Waals surface area contributed by atoms with Crippen LogP contribution in [0.3, 0.4) is 0 Å². The van der Waals surface area contributed by atoms with Crippen molar-refractivity contribution >= 4 is 11.9 Å². The summed E-state index contributed by atoms with van der Waals surface area (Å²) in [7, 11) is 0. The van der Waals surface area contributed by atoms with Crippen LogP contribution in [0.4, 0.5) is 0 Å². The van der Waals surface area contributed by atoms with Crippen LogP contribution in [0.5, 0.6) is 0 Å². The lowest BCUT2D eigenvalue weighted by Gasteiger charge is -2.53. The third kappa shape index (κ3) is 4.71. The highest BCUT2D eigenvalue weighted by molar-refractivity contribution is 5.90. The van der Waals surface area contributed by atoms with E-state index in [0.717, 1.165) is 22.3 Å². The standard InChI is InChI=1S/C35H34O5/c1-5-38-35(4)29-23-15-14-22-28(29)34(3,27-21-13-12-16-24(27)2)30(39-32(36)25-17-8-6-9-18-25)31(35)40-33(37)26-19-10-7-11-20-26/h6-23,30-31H,5H2,1-4H3/t30-,31+,34-,35-/m1/s1. The molecule has 5 rings (SSSR count). The number of carbonyl (C=O) groups is 2. The fourth-order valence-corrected chi connectivity index (χ4v) is 6.05. The topological polar surface area (TPSA) is 61.8 Å². The molecule has 0 saturated heterocycles. The molecular formula is C35H34O5.